The predicted octanol–water partition coefficient (Wildman–Crippen LogP) is 3.02. The topological polar surface area (TPSA) is 123 Å². The molecule has 0 amide bonds. The molecule has 166 valence electrons. The number of esters is 1. The van der Waals surface area contributed by atoms with E-state index in [1.54, 1.807) is 13.0 Å². The molecule has 1 aromatic rings. The maximum atomic E-state index is 12.3. The van der Waals surface area contributed by atoms with E-state index in [9.17, 15) is 19.8 Å². The first-order chi connectivity index (χ1) is 14.3. The van der Waals surface area contributed by atoms with E-state index in [1.165, 1.54) is 24.3 Å². The summed E-state index contributed by atoms with van der Waals surface area (Å²) in [5.41, 5.74) is 0.305. The van der Waals surface area contributed by atoms with Crippen LogP contribution >= 0.6 is 0 Å². The fraction of sp³-hybridized carbons (Fsp3) is 0.545. The van der Waals surface area contributed by atoms with Crippen molar-refractivity contribution in [3.8, 4) is 5.75 Å². The van der Waals surface area contributed by atoms with Crippen LogP contribution in [0.15, 0.2) is 36.4 Å². The second kappa shape index (κ2) is 11.7. The average Bonchev–Trinajstić information content (AvgIpc) is 2.68. The maximum absolute atomic E-state index is 12.3. The number of benzene rings is 1. The normalized spacial score (nSPS) is 25.2. The van der Waals surface area contributed by atoms with Crippen molar-refractivity contribution in [1.29, 1.82) is 0 Å². The molecule has 1 saturated heterocycles. The summed E-state index contributed by atoms with van der Waals surface area (Å²) in [5.74, 6) is -1.44. The summed E-state index contributed by atoms with van der Waals surface area (Å²) < 4.78 is 17.0. The largest absolute Gasteiger partial charge is 0.508 e. The number of carbonyl (C=O) groups is 2. The molecule has 0 radical (unpaired) electrons. The highest BCUT2D eigenvalue weighted by Crippen LogP contribution is 2.26. The molecule has 0 saturated carbocycles. The van der Waals surface area contributed by atoms with Crippen LogP contribution in [0, 0.1) is 0 Å². The first kappa shape index (κ1) is 23.9. The van der Waals surface area contributed by atoms with E-state index < -0.39 is 36.5 Å². The lowest BCUT2D eigenvalue weighted by Crippen LogP contribution is -2.49. The molecule has 3 N–H and O–H groups in total. The van der Waals surface area contributed by atoms with Crippen molar-refractivity contribution >= 4 is 11.9 Å². The smallest absolute Gasteiger partial charge is 0.338 e. The van der Waals surface area contributed by atoms with Crippen LogP contribution in [0.3, 0.4) is 0 Å². The molecule has 2 unspecified atom stereocenters. The number of unbranched alkanes of at least 4 members (excludes halogenated alkanes) is 2. The number of rotatable bonds is 10. The van der Waals surface area contributed by atoms with Gasteiger partial charge in [0, 0.05) is 12.5 Å². The number of carboxylic acid groups (broad SMARTS) is 1. The van der Waals surface area contributed by atoms with Gasteiger partial charge in [-0.2, -0.15) is 0 Å². The van der Waals surface area contributed by atoms with Crippen LogP contribution in [0.4, 0.5) is 0 Å². The summed E-state index contributed by atoms with van der Waals surface area (Å²) in [6.45, 7) is 3.65. The van der Waals surface area contributed by atoms with Crippen LogP contribution in [0.2, 0.25) is 0 Å². The minimum atomic E-state index is -0.948. The summed E-state index contributed by atoms with van der Waals surface area (Å²) in [4.78, 5) is 22.7. The van der Waals surface area contributed by atoms with Gasteiger partial charge in [-0.1, -0.05) is 12.5 Å². The number of carbonyl (C=O) groups excluding carboxylic acids is 1. The van der Waals surface area contributed by atoms with Gasteiger partial charge in [-0.25, -0.2) is 9.59 Å². The fourth-order valence-corrected chi connectivity index (χ4v) is 3.18. The van der Waals surface area contributed by atoms with Gasteiger partial charge >= 0.3 is 11.9 Å². The van der Waals surface area contributed by atoms with Crippen LogP contribution < -0.4 is 0 Å². The molecular weight excluding hydrogens is 392 g/mol. The predicted molar refractivity (Wildman–Crippen MR) is 108 cm³/mol. The summed E-state index contributed by atoms with van der Waals surface area (Å²) in [5, 5.41) is 28.2. The van der Waals surface area contributed by atoms with Crippen LogP contribution in [-0.2, 0) is 19.0 Å². The highest BCUT2D eigenvalue weighted by atomic mass is 16.7. The summed E-state index contributed by atoms with van der Waals surface area (Å²) >= 11 is 0. The van der Waals surface area contributed by atoms with E-state index in [2.05, 4.69) is 0 Å². The highest BCUT2D eigenvalue weighted by Gasteiger charge is 2.38. The monoisotopic (exact) mass is 422 g/mol. The zero-order chi connectivity index (χ0) is 22.1. The van der Waals surface area contributed by atoms with Gasteiger partial charge in [0.05, 0.1) is 17.8 Å². The van der Waals surface area contributed by atoms with E-state index in [0.717, 1.165) is 25.3 Å². The summed E-state index contributed by atoms with van der Waals surface area (Å²) in [6.07, 6.45) is 3.16. The number of phenols is 1. The summed E-state index contributed by atoms with van der Waals surface area (Å²) in [6, 6.07) is 5.74. The van der Waals surface area contributed by atoms with Crippen molar-refractivity contribution in [2.75, 3.05) is 0 Å². The van der Waals surface area contributed by atoms with Crippen LogP contribution in [-0.4, -0.2) is 58.0 Å². The van der Waals surface area contributed by atoms with Crippen LogP contribution in [0.25, 0.3) is 0 Å². The number of hydrogen-bond acceptors (Lipinski definition) is 7. The molecular formula is C22H30O8. The molecule has 8 nitrogen and oxygen atoms in total. The van der Waals surface area contributed by atoms with E-state index >= 15 is 0 Å². The van der Waals surface area contributed by atoms with Crippen molar-refractivity contribution in [1.82, 2.24) is 0 Å². The molecule has 0 spiro atoms. The molecule has 1 heterocycles. The third-order valence-electron chi connectivity index (χ3n) is 4.88. The van der Waals surface area contributed by atoms with E-state index in [4.69, 9.17) is 19.3 Å². The Morgan fingerprint density at radius 2 is 1.97 bits per heavy atom. The number of aliphatic hydroxyl groups excluding tert-OH is 1. The van der Waals surface area contributed by atoms with Gasteiger partial charge in [-0.05, 0) is 57.4 Å². The van der Waals surface area contributed by atoms with Crippen LogP contribution in [0.1, 0.15) is 56.3 Å². The number of carboxylic acids is 1. The lowest BCUT2D eigenvalue weighted by Gasteiger charge is -2.38. The molecule has 30 heavy (non-hydrogen) atoms. The standard InChI is InChI=1S/C22H30O8/c1-14(7-5-3-4-6-8-20(25)26)28-22-18(24)13-19(15(2)29-22)30-21(27)16-9-11-17(23)12-10-16/h6,8-12,14-15,18-19,22-24H,3-5,7,13H2,1-2H3,(H,25,26)/b8-6+/t14-,15?,18?,19+,22+/m0/s1. The molecule has 8 heteroatoms. The molecule has 1 aliphatic rings. The minimum Gasteiger partial charge on any atom is -0.508 e. The number of allylic oxidation sites excluding steroid dienone is 1. The highest BCUT2D eigenvalue weighted by molar-refractivity contribution is 5.89. The molecule has 0 bridgehead atoms. The molecule has 0 aliphatic carbocycles. The van der Waals surface area contributed by atoms with Crippen molar-refractivity contribution in [2.24, 2.45) is 0 Å². The van der Waals surface area contributed by atoms with E-state index in [-0.39, 0.29) is 18.3 Å². The van der Waals surface area contributed by atoms with Gasteiger partial charge in [-0.3, -0.25) is 0 Å². The fourth-order valence-electron chi connectivity index (χ4n) is 3.18. The third kappa shape index (κ3) is 7.78. The molecule has 1 fully saturated rings. The van der Waals surface area contributed by atoms with Gasteiger partial charge < -0.3 is 29.5 Å². The Morgan fingerprint density at radius 3 is 2.63 bits per heavy atom. The van der Waals surface area contributed by atoms with Crippen LogP contribution in [0.5, 0.6) is 5.75 Å². The number of aromatic hydroxyl groups is 1. The Hall–Kier alpha value is -2.42. The Balaban J connectivity index is 1.75. The quantitative estimate of drug-likeness (QED) is 0.299. The number of aliphatic carboxylic acids is 1. The lowest BCUT2D eigenvalue weighted by molar-refractivity contribution is -0.273. The lowest BCUT2D eigenvalue weighted by atomic mass is 10.0. The molecule has 5 atom stereocenters. The Bertz CT molecular complexity index is 714. The zero-order valence-corrected chi connectivity index (χ0v) is 17.3. The van der Waals surface area contributed by atoms with Gasteiger partial charge in [0.25, 0.3) is 0 Å². The Kier molecular flexibility index (Phi) is 9.29. The molecule has 2 rings (SSSR count). The number of aliphatic hydroxyl groups is 1. The SMILES string of the molecule is CC1O[C@@H](O[C@@H](C)CCCC/C=C/C(=O)O)C(O)C[C@H]1OC(=O)c1ccc(O)cc1. The Labute approximate surface area is 176 Å². The van der Waals surface area contributed by atoms with Gasteiger partial charge in [-0.15, -0.1) is 0 Å². The maximum Gasteiger partial charge on any atom is 0.338 e. The second-order valence-corrected chi connectivity index (χ2v) is 7.48. The third-order valence-corrected chi connectivity index (χ3v) is 4.88. The van der Waals surface area contributed by atoms with E-state index in [0.29, 0.717) is 12.0 Å². The van der Waals surface area contributed by atoms with E-state index in [1.807, 2.05) is 6.92 Å². The van der Waals surface area contributed by atoms with Crippen molar-refractivity contribution < 1.29 is 39.1 Å². The first-order valence-corrected chi connectivity index (χ1v) is 10.1. The second-order valence-electron chi connectivity index (χ2n) is 7.48. The van der Waals surface area contributed by atoms with Gasteiger partial charge in [0.1, 0.15) is 18.0 Å². The van der Waals surface area contributed by atoms with Gasteiger partial charge in [0.15, 0.2) is 6.29 Å². The zero-order valence-electron chi connectivity index (χ0n) is 17.3. The number of phenolic OH excluding ortho intramolecular Hbond substituents is 1. The first-order valence-electron chi connectivity index (χ1n) is 10.1. The van der Waals surface area contributed by atoms with Gasteiger partial charge in [0.2, 0.25) is 0 Å². The Morgan fingerprint density at radius 1 is 1.27 bits per heavy atom. The molecule has 1 aliphatic heterocycles. The number of hydrogen-bond donors (Lipinski definition) is 3. The minimum absolute atomic E-state index is 0.0576. The molecule has 0 aromatic heterocycles. The van der Waals surface area contributed by atoms with Crippen molar-refractivity contribution in [3.63, 3.8) is 0 Å². The van der Waals surface area contributed by atoms with Crippen molar-refractivity contribution in [2.45, 2.75) is 76.7 Å². The molecule has 1 aromatic carbocycles. The number of ether oxygens (including phenoxy) is 3. The summed E-state index contributed by atoms with van der Waals surface area (Å²) in [7, 11) is 0. The van der Waals surface area contributed by atoms with Crippen molar-refractivity contribution in [3.05, 3.63) is 42.0 Å². The average molecular weight is 422 g/mol.